The Labute approximate surface area is 96.5 Å². The van der Waals surface area contributed by atoms with Gasteiger partial charge in [-0.1, -0.05) is 0 Å². The number of aryl methyl sites for hydroxylation is 1. The number of halogens is 1. The molecule has 2 rings (SSSR count). The van der Waals surface area contributed by atoms with Gasteiger partial charge in [0.2, 0.25) is 0 Å². The summed E-state index contributed by atoms with van der Waals surface area (Å²) in [5, 5.41) is 3.41. The zero-order valence-corrected chi connectivity index (χ0v) is 9.96. The molecule has 0 aliphatic carbocycles. The number of rotatable bonds is 2. The van der Waals surface area contributed by atoms with Crippen LogP contribution in [0.3, 0.4) is 0 Å². The normalized spacial score (nSPS) is 22.1. The van der Waals surface area contributed by atoms with E-state index in [1.807, 2.05) is 13.0 Å². The Bertz CT molecular complexity index is 345. The van der Waals surface area contributed by atoms with Crippen molar-refractivity contribution < 1.29 is 4.39 Å². The maximum Gasteiger partial charge on any atom is 0.125 e. The van der Waals surface area contributed by atoms with E-state index in [0.717, 1.165) is 17.8 Å². The lowest BCUT2D eigenvalue weighted by Gasteiger charge is -2.31. The largest absolute Gasteiger partial charge is 0.381 e. The number of nitrogens with one attached hydrogen (secondary N) is 1. The molecule has 1 unspecified atom stereocenters. The Morgan fingerprint density at radius 1 is 1.38 bits per heavy atom. The molecule has 0 saturated carbocycles. The fourth-order valence-electron chi connectivity index (χ4n) is 2.34. The fourth-order valence-corrected chi connectivity index (χ4v) is 2.34. The van der Waals surface area contributed by atoms with Gasteiger partial charge in [0.1, 0.15) is 5.82 Å². The zero-order chi connectivity index (χ0) is 11.5. The van der Waals surface area contributed by atoms with E-state index in [9.17, 15) is 4.39 Å². The summed E-state index contributed by atoms with van der Waals surface area (Å²) < 4.78 is 13.2. The minimum Gasteiger partial charge on any atom is -0.381 e. The van der Waals surface area contributed by atoms with Crippen molar-refractivity contribution >= 4 is 5.69 Å². The number of nitrogens with zero attached hydrogens (tertiary/aromatic N) is 1. The van der Waals surface area contributed by atoms with Crippen molar-refractivity contribution in [2.24, 2.45) is 0 Å². The van der Waals surface area contributed by atoms with Crippen LogP contribution >= 0.6 is 0 Å². The van der Waals surface area contributed by atoms with Crippen LogP contribution in [-0.2, 0) is 0 Å². The van der Waals surface area contributed by atoms with E-state index in [0.29, 0.717) is 6.04 Å². The van der Waals surface area contributed by atoms with Gasteiger partial charge in [-0.2, -0.15) is 0 Å². The molecule has 1 aromatic carbocycles. The molecule has 1 aromatic rings. The van der Waals surface area contributed by atoms with Gasteiger partial charge < -0.3 is 10.2 Å². The third kappa shape index (κ3) is 2.95. The highest BCUT2D eigenvalue weighted by Gasteiger charge is 2.16. The molecule has 0 bridgehead atoms. The summed E-state index contributed by atoms with van der Waals surface area (Å²) in [6.07, 6.45) is 2.38. The first-order valence-electron chi connectivity index (χ1n) is 5.86. The second-order valence-corrected chi connectivity index (χ2v) is 4.76. The second kappa shape index (κ2) is 4.83. The minimum absolute atomic E-state index is 0.160. The number of hydrogen-bond acceptors (Lipinski definition) is 2. The van der Waals surface area contributed by atoms with Crippen LogP contribution in [0, 0.1) is 12.7 Å². The van der Waals surface area contributed by atoms with Crippen LogP contribution in [0.5, 0.6) is 0 Å². The number of piperidine rings is 1. The van der Waals surface area contributed by atoms with E-state index in [-0.39, 0.29) is 5.82 Å². The quantitative estimate of drug-likeness (QED) is 0.827. The van der Waals surface area contributed by atoms with E-state index >= 15 is 0 Å². The van der Waals surface area contributed by atoms with Gasteiger partial charge in [0.25, 0.3) is 0 Å². The predicted octanol–water partition coefficient (Wildman–Crippen LogP) is 2.64. The van der Waals surface area contributed by atoms with Crippen LogP contribution in [0.15, 0.2) is 18.2 Å². The molecular weight excluding hydrogens is 203 g/mol. The molecule has 1 aliphatic rings. The summed E-state index contributed by atoms with van der Waals surface area (Å²) in [6, 6.07) is 5.57. The van der Waals surface area contributed by atoms with Crippen molar-refractivity contribution in [1.82, 2.24) is 4.90 Å². The van der Waals surface area contributed by atoms with Crippen molar-refractivity contribution in [2.45, 2.75) is 25.8 Å². The van der Waals surface area contributed by atoms with Gasteiger partial charge in [-0.15, -0.1) is 0 Å². The van der Waals surface area contributed by atoms with Gasteiger partial charge in [-0.05, 0) is 57.1 Å². The summed E-state index contributed by atoms with van der Waals surface area (Å²) in [5.74, 6) is -0.160. The highest BCUT2D eigenvalue weighted by Crippen LogP contribution is 2.17. The van der Waals surface area contributed by atoms with Crippen molar-refractivity contribution in [3.63, 3.8) is 0 Å². The van der Waals surface area contributed by atoms with E-state index < -0.39 is 0 Å². The first kappa shape index (κ1) is 11.4. The van der Waals surface area contributed by atoms with Gasteiger partial charge in [-0.25, -0.2) is 4.39 Å². The topological polar surface area (TPSA) is 15.3 Å². The van der Waals surface area contributed by atoms with Crippen LogP contribution in [-0.4, -0.2) is 31.1 Å². The van der Waals surface area contributed by atoms with Crippen molar-refractivity contribution in [1.29, 1.82) is 0 Å². The van der Waals surface area contributed by atoms with Crippen molar-refractivity contribution in [3.8, 4) is 0 Å². The summed E-state index contributed by atoms with van der Waals surface area (Å²) in [7, 11) is 2.13. The van der Waals surface area contributed by atoms with Crippen LogP contribution in [0.1, 0.15) is 18.4 Å². The number of likely N-dealkylation sites (N-methyl/N-ethyl adjacent to an activating group) is 1. The molecule has 2 nitrogen and oxygen atoms in total. The molecule has 1 aliphatic heterocycles. The smallest absolute Gasteiger partial charge is 0.125 e. The minimum atomic E-state index is -0.160. The molecule has 0 amide bonds. The van der Waals surface area contributed by atoms with Crippen LogP contribution in [0.25, 0.3) is 0 Å². The average Bonchev–Trinajstić information content (AvgIpc) is 2.15. The average molecular weight is 222 g/mol. The maximum atomic E-state index is 13.2. The SMILES string of the molecule is Cc1cc(F)cc(NC2CCCN(C)C2)c1. The first-order valence-corrected chi connectivity index (χ1v) is 5.86. The number of likely N-dealkylation sites (tertiary alicyclic amines) is 1. The highest BCUT2D eigenvalue weighted by molar-refractivity contribution is 5.46. The molecule has 0 aromatic heterocycles. The van der Waals surface area contributed by atoms with E-state index in [2.05, 4.69) is 17.3 Å². The molecular formula is C13H19FN2. The summed E-state index contributed by atoms with van der Waals surface area (Å²) in [4.78, 5) is 2.31. The Balaban J connectivity index is 2.02. The molecule has 88 valence electrons. The molecule has 3 heteroatoms. The zero-order valence-electron chi connectivity index (χ0n) is 9.96. The Kier molecular flexibility index (Phi) is 3.44. The standard InChI is InChI=1S/C13H19FN2/c1-10-6-11(14)8-13(7-10)15-12-4-3-5-16(2)9-12/h6-8,12,15H,3-5,9H2,1-2H3. The third-order valence-electron chi connectivity index (χ3n) is 3.04. The summed E-state index contributed by atoms with van der Waals surface area (Å²) in [6.45, 7) is 4.12. The van der Waals surface area contributed by atoms with Crippen molar-refractivity contribution in [3.05, 3.63) is 29.6 Å². The van der Waals surface area contributed by atoms with E-state index in [1.165, 1.54) is 19.4 Å². The number of hydrogen-bond donors (Lipinski definition) is 1. The molecule has 1 N–H and O–H groups in total. The lowest BCUT2D eigenvalue weighted by atomic mass is 10.1. The fraction of sp³-hybridized carbons (Fsp3) is 0.538. The third-order valence-corrected chi connectivity index (χ3v) is 3.04. The van der Waals surface area contributed by atoms with Gasteiger partial charge in [0.15, 0.2) is 0 Å². The molecule has 0 spiro atoms. The second-order valence-electron chi connectivity index (χ2n) is 4.76. The Morgan fingerprint density at radius 3 is 2.88 bits per heavy atom. The van der Waals surface area contributed by atoms with Gasteiger partial charge >= 0.3 is 0 Å². The Hall–Kier alpha value is -1.09. The van der Waals surface area contributed by atoms with Crippen LogP contribution < -0.4 is 5.32 Å². The number of benzene rings is 1. The highest BCUT2D eigenvalue weighted by atomic mass is 19.1. The van der Waals surface area contributed by atoms with Gasteiger partial charge in [0, 0.05) is 18.3 Å². The van der Waals surface area contributed by atoms with Gasteiger partial charge in [0.05, 0.1) is 0 Å². The predicted molar refractivity (Wildman–Crippen MR) is 65.3 cm³/mol. The van der Waals surface area contributed by atoms with Crippen molar-refractivity contribution in [2.75, 3.05) is 25.5 Å². The van der Waals surface area contributed by atoms with Crippen LogP contribution in [0.2, 0.25) is 0 Å². The molecule has 1 atom stereocenters. The molecule has 16 heavy (non-hydrogen) atoms. The van der Waals surface area contributed by atoms with E-state index in [1.54, 1.807) is 12.1 Å². The molecule has 1 heterocycles. The summed E-state index contributed by atoms with van der Waals surface area (Å²) in [5.41, 5.74) is 1.87. The monoisotopic (exact) mass is 222 g/mol. The lowest BCUT2D eigenvalue weighted by Crippen LogP contribution is -2.39. The maximum absolute atomic E-state index is 13.2. The first-order chi connectivity index (χ1) is 7.63. The molecule has 0 radical (unpaired) electrons. The van der Waals surface area contributed by atoms with E-state index in [4.69, 9.17) is 0 Å². The lowest BCUT2D eigenvalue weighted by molar-refractivity contribution is 0.261. The molecule has 1 fully saturated rings. The van der Waals surface area contributed by atoms with Crippen LogP contribution in [0.4, 0.5) is 10.1 Å². The summed E-state index contributed by atoms with van der Waals surface area (Å²) >= 11 is 0. The number of anilines is 1. The molecule has 1 saturated heterocycles. The Morgan fingerprint density at radius 2 is 2.19 bits per heavy atom. The van der Waals surface area contributed by atoms with Gasteiger partial charge in [-0.3, -0.25) is 0 Å².